The maximum atomic E-state index is 12.7. The van der Waals surface area contributed by atoms with Gasteiger partial charge in [-0.1, -0.05) is 17.7 Å². The Bertz CT molecular complexity index is 778. The summed E-state index contributed by atoms with van der Waals surface area (Å²) in [6, 6.07) is 7.27. The molecule has 0 bridgehead atoms. The lowest BCUT2D eigenvalue weighted by atomic mass is 10.1. The minimum atomic E-state index is -4.59. The summed E-state index contributed by atoms with van der Waals surface area (Å²) < 4.78 is 38.0. The van der Waals surface area contributed by atoms with Gasteiger partial charge in [0.25, 0.3) is 11.6 Å². The minimum absolute atomic E-state index is 0.0762. The number of hydrogen-bond donors (Lipinski definition) is 1. The largest absolute Gasteiger partial charge is 0.416 e. The van der Waals surface area contributed by atoms with Crippen molar-refractivity contribution in [1.82, 2.24) is 0 Å². The summed E-state index contributed by atoms with van der Waals surface area (Å²) in [5.41, 5.74) is -1.60. The van der Waals surface area contributed by atoms with E-state index >= 15 is 0 Å². The molecule has 0 fully saturated rings. The lowest BCUT2D eigenvalue weighted by molar-refractivity contribution is -0.384. The monoisotopic (exact) mass is 344 g/mol. The fraction of sp³-hybridized carbons (Fsp3) is 0.0714. The Morgan fingerprint density at radius 2 is 1.87 bits per heavy atom. The number of nitro benzene ring substituents is 1. The molecule has 0 aliphatic heterocycles. The predicted molar refractivity (Wildman–Crippen MR) is 77.5 cm³/mol. The van der Waals surface area contributed by atoms with E-state index < -0.39 is 22.6 Å². The molecule has 9 heteroatoms. The summed E-state index contributed by atoms with van der Waals surface area (Å²) >= 11 is 5.77. The van der Waals surface area contributed by atoms with Gasteiger partial charge in [-0.05, 0) is 24.3 Å². The number of carbonyl (C=O) groups is 1. The second-order valence-corrected chi connectivity index (χ2v) is 4.86. The van der Waals surface area contributed by atoms with Gasteiger partial charge in [0.2, 0.25) is 0 Å². The Hall–Kier alpha value is -2.61. The normalized spacial score (nSPS) is 11.1. The summed E-state index contributed by atoms with van der Waals surface area (Å²) in [5, 5.41) is 12.8. The van der Waals surface area contributed by atoms with E-state index in [1.807, 2.05) is 0 Å². The summed E-state index contributed by atoms with van der Waals surface area (Å²) in [6.45, 7) is 0. The minimum Gasteiger partial charge on any atom is -0.321 e. The number of nitrogens with one attached hydrogen (secondary N) is 1. The third kappa shape index (κ3) is 3.98. The van der Waals surface area contributed by atoms with Gasteiger partial charge in [-0.3, -0.25) is 14.9 Å². The number of non-ortho nitro benzene ring substituents is 1. The number of halogens is 4. The molecule has 0 aliphatic carbocycles. The van der Waals surface area contributed by atoms with Crippen molar-refractivity contribution in [1.29, 1.82) is 0 Å². The molecule has 2 aromatic rings. The molecule has 0 radical (unpaired) electrons. The number of nitro groups is 1. The summed E-state index contributed by atoms with van der Waals surface area (Å²) in [4.78, 5) is 22.0. The van der Waals surface area contributed by atoms with Crippen LogP contribution in [-0.4, -0.2) is 10.8 Å². The van der Waals surface area contributed by atoms with Gasteiger partial charge < -0.3 is 5.32 Å². The van der Waals surface area contributed by atoms with Crippen molar-refractivity contribution >= 4 is 28.9 Å². The van der Waals surface area contributed by atoms with Crippen molar-refractivity contribution in [2.24, 2.45) is 0 Å². The number of carbonyl (C=O) groups excluding carboxylic acids is 1. The van der Waals surface area contributed by atoms with Crippen LogP contribution in [0, 0.1) is 10.1 Å². The number of amides is 1. The molecule has 0 spiro atoms. The molecule has 0 aliphatic rings. The predicted octanol–water partition coefficient (Wildman–Crippen LogP) is 4.52. The van der Waals surface area contributed by atoms with E-state index in [0.29, 0.717) is 6.07 Å². The van der Waals surface area contributed by atoms with Gasteiger partial charge in [-0.2, -0.15) is 13.2 Å². The topological polar surface area (TPSA) is 72.2 Å². The molecule has 120 valence electrons. The van der Waals surface area contributed by atoms with Crippen LogP contribution < -0.4 is 5.32 Å². The van der Waals surface area contributed by atoms with Crippen molar-refractivity contribution in [2.75, 3.05) is 5.32 Å². The molecular formula is C14H8ClF3N2O3. The van der Waals surface area contributed by atoms with Gasteiger partial charge in [-0.15, -0.1) is 0 Å². The first-order valence-electron chi connectivity index (χ1n) is 6.11. The standard InChI is InChI=1S/C14H8ClF3N2O3/c15-11-5-4-9(14(16,17)18)7-12(11)19-13(21)8-2-1-3-10(6-8)20(22)23/h1-7H,(H,19,21). The lowest BCUT2D eigenvalue weighted by Gasteiger charge is -2.11. The summed E-state index contributed by atoms with van der Waals surface area (Å²) in [5.74, 6) is -0.810. The SMILES string of the molecule is O=C(Nc1cc(C(F)(F)F)ccc1Cl)c1cccc([N+](=O)[O-])c1. The van der Waals surface area contributed by atoms with Gasteiger partial charge in [0, 0.05) is 17.7 Å². The molecule has 0 saturated heterocycles. The molecule has 0 heterocycles. The van der Waals surface area contributed by atoms with E-state index in [1.54, 1.807) is 0 Å². The van der Waals surface area contributed by atoms with Crippen molar-refractivity contribution in [3.05, 3.63) is 68.7 Å². The van der Waals surface area contributed by atoms with Crippen LogP contribution in [0.15, 0.2) is 42.5 Å². The van der Waals surface area contributed by atoms with Gasteiger partial charge in [-0.25, -0.2) is 0 Å². The average Bonchev–Trinajstić information content (AvgIpc) is 2.48. The molecule has 1 amide bonds. The quantitative estimate of drug-likeness (QED) is 0.657. The molecule has 2 rings (SSSR count). The first kappa shape index (κ1) is 16.8. The second-order valence-electron chi connectivity index (χ2n) is 4.45. The Kier molecular flexibility index (Phi) is 4.55. The van der Waals surface area contributed by atoms with Crippen LogP contribution >= 0.6 is 11.6 Å². The van der Waals surface area contributed by atoms with Crippen LogP contribution in [0.1, 0.15) is 15.9 Å². The molecule has 2 aromatic carbocycles. The zero-order valence-corrected chi connectivity index (χ0v) is 12.0. The molecule has 1 N–H and O–H groups in total. The number of alkyl halides is 3. The van der Waals surface area contributed by atoms with Crippen molar-refractivity contribution in [2.45, 2.75) is 6.18 Å². The highest BCUT2D eigenvalue weighted by Crippen LogP contribution is 2.34. The fourth-order valence-corrected chi connectivity index (χ4v) is 1.92. The highest BCUT2D eigenvalue weighted by molar-refractivity contribution is 6.34. The molecule has 0 saturated carbocycles. The fourth-order valence-electron chi connectivity index (χ4n) is 1.75. The number of anilines is 1. The molecule has 23 heavy (non-hydrogen) atoms. The van der Waals surface area contributed by atoms with Crippen molar-refractivity contribution < 1.29 is 22.9 Å². The first-order valence-corrected chi connectivity index (χ1v) is 6.49. The van der Waals surface area contributed by atoms with Gasteiger partial charge in [0.1, 0.15) is 0 Å². The highest BCUT2D eigenvalue weighted by atomic mass is 35.5. The Morgan fingerprint density at radius 3 is 2.48 bits per heavy atom. The summed E-state index contributed by atoms with van der Waals surface area (Å²) in [7, 11) is 0. The second kappa shape index (κ2) is 6.25. The number of nitrogens with zero attached hydrogens (tertiary/aromatic N) is 1. The van der Waals surface area contributed by atoms with E-state index in [9.17, 15) is 28.1 Å². The Morgan fingerprint density at radius 1 is 1.17 bits per heavy atom. The molecule has 0 atom stereocenters. The maximum Gasteiger partial charge on any atom is 0.416 e. The van der Waals surface area contributed by atoms with E-state index in [1.165, 1.54) is 18.2 Å². The highest BCUT2D eigenvalue weighted by Gasteiger charge is 2.31. The van der Waals surface area contributed by atoms with Gasteiger partial charge in [0.05, 0.1) is 21.2 Å². The Balaban J connectivity index is 2.30. The van der Waals surface area contributed by atoms with Crippen LogP contribution in [-0.2, 0) is 6.18 Å². The van der Waals surface area contributed by atoms with Crippen LogP contribution in [0.2, 0.25) is 5.02 Å². The van der Waals surface area contributed by atoms with Crippen LogP contribution in [0.5, 0.6) is 0 Å². The van der Waals surface area contributed by atoms with E-state index in [2.05, 4.69) is 5.32 Å². The lowest BCUT2D eigenvalue weighted by Crippen LogP contribution is -2.14. The zero-order chi connectivity index (χ0) is 17.2. The smallest absolute Gasteiger partial charge is 0.321 e. The number of benzene rings is 2. The van der Waals surface area contributed by atoms with Gasteiger partial charge >= 0.3 is 6.18 Å². The van der Waals surface area contributed by atoms with E-state index in [4.69, 9.17) is 11.6 Å². The number of rotatable bonds is 3. The summed E-state index contributed by atoms with van der Waals surface area (Å²) in [6.07, 6.45) is -4.59. The molecular weight excluding hydrogens is 337 g/mol. The zero-order valence-electron chi connectivity index (χ0n) is 11.2. The van der Waals surface area contributed by atoms with E-state index in [-0.39, 0.29) is 22.0 Å². The van der Waals surface area contributed by atoms with Gasteiger partial charge in [0.15, 0.2) is 0 Å². The average molecular weight is 345 g/mol. The third-order valence-electron chi connectivity index (χ3n) is 2.86. The first-order chi connectivity index (χ1) is 10.7. The molecule has 0 aromatic heterocycles. The maximum absolute atomic E-state index is 12.7. The van der Waals surface area contributed by atoms with Crippen LogP contribution in [0.25, 0.3) is 0 Å². The van der Waals surface area contributed by atoms with Crippen molar-refractivity contribution in [3.63, 3.8) is 0 Å². The molecule has 0 unspecified atom stereocenters. The van der Waals surface area contributed by atoms with Crippen LogP contribution in [0.3, 0.4) is 0 Å². The Labute approximate surface area is 132 Å². The van der Waals surface area contributed by atoms with Crippen LogP contribution in [0.4, 0.5) is 24.5 Å². The third-order valence-corrected chi connectivity index (χ3v) is 3.19. The molecule has 5 nitrogen and oxygen atoms in total. The van der Waals surface area contributed by atoms with Crippen molar-refractivity contribution in [3.8, 4) is 0 Å². The van der Waals surface area contributed by atoms with E-state index in [0.717, 1.165) is 18.2 Å². The number of hydrogen-bond acceptors (Lipinski definition) is 3.